The fourth-order valence-corrected chi connectivity index (χ4v) is 4.42. The summed E-state index contributed by atoms with van der Waals surface area (Å²) in [5, 5.41) is 10.9. The Morgan fingerprint density at radius 3 is 2.44 bits per heavy atom. The van der Waals surface area contributed by atoms with Crippen molar-refractivity contribution >= 4 is 22.8 Å². The maximum absolute atomic E-state index is 12.7. The molecule has 0 unspecified atom stereocenters. The van der Waals surface area contributed by atoms with E-state index in [2.05, 4.69) is 0 Å². The third-order valence-corrected chi connectivity index (χ3v) is 7.10. The molecule has 0 saturated carbocycles. The van der Waals surface area contributed by atoms with E-state index in [-0.39, 0.29) is 24.5 Å². The molecule has 3 rings (SSSR count). The quantitative estimate of drug-likeness (QED) is 0.432. The molecule has 0 amide bonds. The van der Waals surface area contributed by atoms with E-state index in [0.29, 0.717) is 5.56 Å². The molecule has 0 aliphatic carbocycles. The number of nitro groups is 1. The van der Waals surface area contributed by atoms with Gasteiger partial charge in [0.2, 0.25) is 10.0 Å². The van der Waals surface area contributed by atoms with Gasteiger partial charge in [0.1, 0.15) is 0 Å². The van der Waals surface area contributed by atoms with Gasteiger partial charge in [-0.15, -0.1) is 0 Å². The van der Waals surface area contributed by atoms with Crippen molar-refractivity contribution in [3.63, 3.8) is 0 Å². The number of hydrogen-bond acceptors (Lipinski definition) is 6. The second-order valence-corrected chi connectivity index (χ2v) is 9.81. The van der Waals surface area contributed by atoms with Gasteiger partial charge in [-0.3, -0.25) is 10.1 Å². The summed E-state index contributed by atoms with van der Waals surface area (Å²) in [5.41, 5.74) is 0.0476. The van der Waals surface area contributed by atoms with Crippen molar-refractivity contribution in [3.8, 4) is 0 Å². The van der Waals surface area contributed by atoms with Crippen LogP contribution in [0.5, 0.6) is 0 Å². The van der Waals surface area contributed by atoms with Crippen molar-refractivity contribution in [2.24, 2.45) is 0 Å². The van der Waals surface area contributed by atoms with Crippen molar-refractivity contribution in [1.82, 2.24) is 4.31 Å². The lowest BCUT2D eigenvalue weighted by Gasteiger charge is -2.32. The Bertz CT molecular complexity index is 880. The smallest absolute Gasteiger partial charge is 0.400 e. The lowest BCUT2D eigenvalue weighted by molar-refractivity contribution is -0.384. The number of benzene rings is 1. The highest BCUT2D eigenvalue weighted by molar-refractivity contribution is 7.88. The van der Waals surface area contributed by atoms with Gasteiger partial charge in [-0.1, -0.05) is 18.2 Å². The van der Waals surface area contributed by atoms with Gasteiger partial charge in [-0.2, -0.15) is 4.31 Å². The molecule has 146 valence electrons. The Balaban J connectivity index is 1.69. The van der Waals surface area contributed by atoms with Crippen LogP contribution in [-0.4, -0.2) is 49.1 Å². The number of nitro benzene ring substituents is 1. The minimum Gasteiger partial charge on any atom is -0.400 e. The van der Waals surface area contributed by atoms with E-state index < -0.39 is 33.3 Å². The van der Waals surface area contributed by atoms with Gasteiger partial charge in [0, 0.05) is 25.2 Å². The lowest BCUT2D eigenvalue weighted by atomic mass is 9.79. The van der Waals surface area contributed by atoms with Crippen LogP contribution in [0.3, 0.4) is 0 Å². The summed E-state index contributed by atoms with van der Waals surface area (Å²) in [7, 11) is -4.20. The third-order valence-electron chi connectivity index (χ3n) is 5.34. The van der Waals surface area contributed by atoms with E-state index in [1.165, 1.54) is 22.5 Å². The fraction of sp³-hybridized carbons (Fsp3) is 0.529. The molecule has 0 spiro atoms. The molecule has 0 atom stereocenters. The zero-order chi connectivity index (χ0) is 20.0. The Hall–Kier alpha value is -1.75. The normalized spacial score (nSPS) is 22.1. The fourth-order valence-electron chi connectivity index (χ4n) is 2.99. The highest BCUT2D eigenvalue weighted by Gasteiger charge is 2.53. The SMILES string of the molecule is CC1(C)OB(C2=CCN(S(=O)(=O)Cc3cccc([N+](=O)[O-])c3)C2)OC1(C)C. The maximum atomic E-state index is 12.7. The topological polar surface area (TPSA) is 99.0 Å². The molecule has 2 aliphatic rings. The van der Waals surface area contributed by atoms with Crippen LogP contribution in [0.4, 0.5) is 5.69 Å². The molecule has 10 heteroatoms. The van der Waals surface area contributed by atoms with Crippen LogP contribution >= 0.6 is 0 Å². The summed E-state index contributed by atoms with van der Waals surface area (Å²) in [6, 6.07) is 5.68. The monoisotopic (exact) mass is 394 g/mol. The van der Waals surface area contributed by atoms with Crippen molar-refractivity contribution in [1.29, 1.82) is 0 Å². The first-order chi connectivity index (χ1) is 12.4. The number of non-ortho nitro benzene ring substituents is 1. The molecule has 1 saturated heterocycles. The van der Waals surface area contributed by atoms with Gasteiger partial charge >= 0.3 is 7.12 Å². The summed E-state index contributed by atoms with van der Waals surface area (Å²) >= 11 is 0. The molecule has 1 aromatic rings. The minimum atomic E-state index is -3.63. The first kappa shape index (κ1) is 20.0. The molecular formula is C17H23BN2O6S. The van der Waals surface area contributed by atoms with Crippen molar-refractivity contribution < 1.29 is 22.6 Å². The Morgan fingerprint density at radius 2 is 1.85 bits per heavy atom. The molecule has 8 nitrogen and oxygen atoms in total. The Labute approximate surface area is 159 Å². The van der Waals surface area contributed by atoms with E-state index in [4.69, 9.17) is 9.31 Å². The van der Waals surface area contributed by atoms with Gasteiger partial charge < -0.3 is 9.31 Å². The maximum Gasteiger partial charge on any atom is 0.491 e. The second-order valence-electron chi connectivity index (χ2n) is 7.84. The first-order valence-electron chi connectivity index (χ1n) is 8.67. The molecule has 0 N–H and O–H groups in total. The molecule has 27 heavy (non-hydrogen) atoms. The molecular weight excluding hydrogens is 371 g/mol. The van der Waals surface area contributed by atoms with Crippen molar-refractivity contribution in [2.75, 3.05) is 13.1 Å². The average Bonchev–Trinajstić information content (AvgIpc) is 3.11. The van der Waals surface area contributed by atoms with Crippen LogP contribution in [0, 0.1) is 10.1 Å². The number of nitrogens with zero attached hydrogens (tertiary/aromatic N) is 2. The molecule has 2 heterocycles. The van der Waals surface area contributed by atoms with Crippen LogP contribution < -0.4 is 0 Å². The van der Waals surface area contributed by atoms with E-state index >= 15 is 0 Å². The van der Waals surface area contributed by atoms with E-state index in [1.54, 1.807) is 6.07 Å². The van der Waals surface area contributed by atoms with Gasteiger partial charge in [-0.05, 0) is 38.7 Å². The standard InChI is InChI=1S/C17H23BN2O6S/c1-16(2)17(3,4)26-18(25-16)14-8-9-19(11-14)27(23,24)12-13-6-5-7-15(10-13)20(21)22/h5-8,10H,9,11-12H2,1-4H3. The van der Waals surface area contributed by atoms with E-state index in [1.807, 2.05) is 33.8 Å². The zero-order valence-electron chi connectivity index (χ0n) is 15.8. The van der Waals surface area contributed by atoms with Crippen LogP contribution in [0.2, 0.25) is 0 Å². The number of sulfonamides is 1. The van der Waals surface area contributed by atoms with Gasteiger partial charge in [0.05, 0.1) is 21.9 Å². The van der Waals surface area contributed by atoms with Gasteiger partial charge in [0.15, 0.2) is 0 Å². The minimum absolute atomic E-state index is 0.125. The third kappa shape index (κ3) is 3.93. The highest BCUT2D eigenvalue weighted by atomic mass is 32.2. The molecule has 1 fully saturated rings. The largest absolute Gasteiger partial charge is 0.491 e. The molecule has 2 aliphatic heterocycles. The highest BCUT2D eigenvalue weighted by Crippen LogP contribution is 2.39. The summed E-state index contributed by atoms with van der Waals surface area (Å²) < 4.78 is 38.8. The Morgan fingerprint density at radius 1 is 1.22 bits per heavy atom. The average molecular weight is 394 g/mol. The van der Waals surface area contributed by atoms with Gasteiger partial charge in [-0.25, -0.2) is 8.42 Å². The summed E-state index contributed by atoms with van der Waals surface area (Å²) in [4.78, 5) is 10.3. The lowest BCUT2D eigenvalue weighted by Crippen LogP contribution is -2.41. The van der Waals surface area contributed by atoms with E-state index in [9.17, 15) is 18.5 Å². The summed E-state index contributed by atoms with van der Waals surface area (Å²) in [6.07, 6.45) is 1.81. The van der Waals surface area contributed by atoms with Crippen LogP contribution in [0.25, 0.3) is 0 Å². The summed E-state index contributed by atoms with van der Waals surface area (Å²) in [5.74, 6) is -0.292. The second kappa shape index (κ2) is 6.70. The first-order valence-corrected chi connectivity index (χ1v) is 10.3. The van der Waals surface area contributed by atoms with Crippen LogP contribution in [0.15, 0.2) is 35.8 Å². The molecule has 0 bridgehead atoms. The summed E-state index contributed by atoms with van der Waals surface area (Å²) in [6.45, 7) is 8.20. The van der Waals surface area contributed by atoms with Crippen molar-refractivity contribution in [2.45, 2.75) is 44.6 Å². The van der Waals surface area contributed by atoms with E-state index in [0.717, 1.165) is 5.47 Å². The van der Waals surface area contributed by atoms with Crippen LogP contribution in [-0.2, 0) is 25.1 Å². The zero-order valence-corrected chi connectivity index (χ0v) is 16.7. The molecule has 0 radical (unpaired) electrons. The van der Waals surface area contributed by atoms with Crippen LogP contribution in [0.1, 0.15) is 33.3 Å². The van der Waals surface area contributed by atoms with Crippen molar-refractivity contribution in [3.05, 3.63) is 51.5 Å². The Kier molecular flexibility index (Phi) is 4.96. The number of hydrogen-bond donors (Lipinski definition) is 0. The predicted octanol–water partition coefficient (Wildman–Crippen LogP) is 2.30. The van der Waals surface area contributed by atoms with Gasteiger partial charge in [0.25, 0.3) is 5.69 Å². The number of rotatable bonds is 5. The molecule has 0 aromatic heterocycles. The molecule has 1 aromatic carbocycles. The predicted molar refractivity (Wildman–Crippen MR) is 101 cm³/mol.